The Morgan fingerprint density at radius 3 is 0.571 bits per heavy atom. The Labute approximate surface area is 79.5 Å². The Kier molecular flexibility index (Phi) is 3130. The normalized spacial score (nSPS) is 0. The predicted octanol–water partition coefficient (Wildman–Crippen LogP) is -4.09. The summed E-state index contributed by atoms with van der Waals surface area (Å²) < 4.78 is 0. The van der Waals surface area contributed by atoms with Gasteiger partial charge in [0.1, 0.15) is 0 Å². The first-order valence-electron chi connectivity index (χ1n) is 0. The third-order valence-electron chi connectivity index (χ3n) is 0. The minimum absolute atomic E-state index is 0. The third-order valence-corrected chi connectivity index (χ3v) is 0. The Bertz CT molecular complexity index is 11.7. The van der Waals surface area contributed by atoms with Gasteiger partial charge in [-0.25, -0.2) is 0 Å². The van der Waals surface area contributed by atoms with Gasteiger partial charge < -0.3 is 21.9 Å². The SMILES string of the molecule is [Al+3].[Li+].[OH-].[OH-].[OH-].[OH-].[Ti]. The molecule has 4 N–H and O–H groups in total. The maximum absolute atomic E-state index is 0. The maximum atomic E-state index is 0. The fourth-order valence-corrected chi connectivity index (χ4v) is 0. The second kappa shape index (κ2) is 121. The number of hydrogen-bond acceptors (Lipinski definition) is 4. The van der Waals surface area contributed by atoms with Gasteiger partial charge in [-0.05, 0) is 0 Å². The van der Waals surface area contributed by atoms with Crippen molar-refractivity contribution in [2.45, 2.75) is 0 Å². The van der Waals surface area contributed by atoms with Gasteiger partial charge in [0.2, 0.25) is 0 Å². The van der Waals surface area contributed by atoms with Gasteiger partial charge in [-0.1, -0.05) is 0 Å². The first-order valence-corrected chi connectivity index (χ1v) is 0. The second-order valence-corrected chi connectivity index (χ2v) is 0. The number of rotatable bonds is 0. The van der Waals surface area contributed by atoms with Gasteiger partial charge in [-0.15, -0.1) is 0 Å². The molecule has 0 heterocycles. The third kappa shape index (κ3) is 87.5. The van der Waals surface area contributed by atoms with Gasteiger partial charge in [0.15, 0.2) is 0 Å². The number of hydrogen-bond donors (Lipinski definition) is 0. The van der Waals surface area contributed by atoms with Gasteiger partial charge in [0.25, 0.3) is 0 Å². The minimum atomic E-state index is 0. The molecule has 0 atom stereocenters. The summed E-state index contributed by atoms with van der Waals surface area (Å²) in [5.74, 6) is 0. The van der Waals surface area contributed by atoms with Gasteiger partial charge in [-0.3, -0.25) is 0 Å². The van der Waals surface area contributed by atoms with E-state index in [4.69, 9.17) is 0 Å². The molecule has 0 saturated carbocycles. The van der Waals surface area contributed by atoms with Crippen molar-refractivity contribution in [3.8, 4) is 0 Å². The summed E-state index contributed by atoms with van der Waals surface area (Å²) in [5, 5.41) is 0. The van der Waals surface area contributed by atoms with Crippen LogP contribution in [-0.4, -0.2) is 39.3 Å². The van der Waals surface area contributed by atoms with E-state index < -0.39 is 0 Å². The smallest absolute Gasteiger partial charge is 0.870 e. The van der Waals surface area contributed by atoms with E-state index >= 15 is 0 Å². The summed E-state index contributed by atoms with van der Waals surface area (Å²) in [6.45, 7) is 0. The van der Waals surface area contributed by atoms with Crippen LogP contribution in [0.1, 0.15) is 0 Å². The average Bonchev–Trinajstić information content (AvgIpc) is 0. The zero-order chi connectivity index (χ0) is 0. The van der Waals surface area contributed by atoms with E-state index in [0.29, 0.717) is 0 Å². The molecular weight excluding hydrogens is 146 g/mol. The molecule has 7 heavy (non-hydrogen) atoms. The Morgan fingerprint density at radius 2 is 0.571 bits per heavy atom. The van der Waals surface area contributed by atoms with Crippen molar-refractivity contribution in [3.63, 3.8) is 0 Å². The molecule has 36 valence electrons. The summed E-state index contributed by atoms with van der Waals surface area (Å²) in [7, 11) is 0. The molecule has 0 unspecified atom stereocenters. The quantitative estimate of drug-likeness (QED) is 0.325. The average molecular weight is 150 g/mol. The van der Waals surface area contributed by atoms with Crippen LogP contribution in [0.15, 0.2) is 0 Å². The molecule has 0 fully saturated rings. The fourth-order valence-electron chi connectivity index (χ4n) is 0. The molecule has 0 aliphatic rings. The fraction of sp³-hybridized carbons (Fsp3) is 0. The molecule has 4 nitrogen and oxygen atoms in total. The van der Waals surface area contributed by atoms with E-state index in [9.17, 15) is 0 Å². The van der Waals surface area contributed by atoms with Crippen molar-refractivity contribution >= 4 is 17.4 Å². The van der Waals surface area contributed by atoms with Crippen LogP contribution in [-0.2, 0) is 21.7 Å². The van der Waals surface area contributed by atoms with Crippen LogP contribution in [0.5, 0.6) is 0 Å². The Balaban J connectivity index is 0. The maximum Gasteiger partial charge on any atom is 3.00 e. The summed E-state index contributed by atoms with van der Waals surface area (Å²) >= 11 is 0. The molecule has 0 amide bonds. The molecule has 0 rings (SSSR count). The molecule has 0 aliphatic carbocycles. The van der Waals surface area contributed by atoms with Gasteiger partial charge in [0, 0.05) is 21.7 Å². The predicted molar refractivity (Wildman–Crippen MR) is 13.5 cm³/mol. The van der Waals surface area contributed by atoms with Crippen LogP contribution in [0.25, 0.3) is 0 Å². The van der Waals surface area contributed by atoms with Gasteiger partial charge in [0.05, 0.1) is 0 Å². The zero-order valence-electron chi connectivity index (χ0n) is 3.87. The molecule has 0 saturated heterocycles. The van der Waals surface area contributed by atoms with E-state index in [-0.39, 0.29) is 79.8 Å². The molecule has 0 spiro atoms. The molecule has 0 aromatic heterocycles. The first kappa shape index (κ1) is 181. The van der Waals surface area contributed by atoms with Crippen molar-refractivity contribution in [3.05, 3.63) is 0 Å². The molecule has 7 heteroatoms. The van der Waals surface area contributed by atoms with Crippen LogP contribution in [0.4, 0.5) is 0 Å². The minimum Gasteiger partial charge on any atom is -0.870 e. The van der Waals surface area contributed by atoms with Gasteiger partial charge in [-0.2, -0.15) is 0 Å². The van der Waals surface area contributed by atoms with Crippen molar-refractivity contribution < 1.29 is 62.5 Å². The van der Waals surface area contributed by atoms with E-state index in [1.807, 2.05) is 0 Å². The van der Waals surface area contributed by atoms with Gasteiger partial charge >= 0.3 is 36.2 Å². The molecule has 0 aliphatic heterocycles. The van der Waals surface area contributed by atoms with E-state index in [0.717, 1.165) is 0 Å². The topological polar surface area (TPSA) is 120 Å². The Morgan fingerprint density at radius 1 is 0.571 bits per heavy atom. The summed E-state index contributed by atoms with van der Waals surface area (Å²) in [6.07, 6.45) is 0. The zero-order valence-corrected chi connectivity index (χ0v) is 6.58. The standard InChI is InChI=1S/Al.Li.4H2O.Ti/h;;4*1H2;/q+3;+1;;;;;/p-4. The first-order chi connectivity index (χ1) is 0. The van der Waals surface area contributed by atoms with Crippen molar-refractivity contribution in [2.75, 3.05) is 0 Å². The molecule has 0 radical (unpaired) electrons. The molecular formula is H4AlLiO4Ti. The van der Waals surface area contributed by atoms with Crippen molar-refractivity contribution in [2.24, 2.45) is 0 Å². The van der Waals surface area contributed by atoms with E-state index in [1.54, 1.807) is 0 Å². The summed E-state index contributed by atoms with van der Waals surface area (Å²) in [4.78, 5) is 0. The van der Waals surface area contributed by atoms with Crippen LogP contribution in [0.3, 0.4) is 0 Å². The second-order valence-electron chi connectivity index (χ2n) is 0. The largest absolute Gasteiger partial charge is 3.00 e. The van der Waals surface area contributed by atoms with E-state index in [2.05, 4.69) is 0 Å². The van der Waals surface area contributed by atoms with Crippen LogP contribution < -0.4 is 18.9 Å². The van der Waals surface area contributed by atoms with Crippen LogP contribution in [0, 0.1) is 0 Å². The molecule has 0 aromatic rings. The van der Waals surface area contributed by atoms with Crippen LogP contribution >= 0.6 is 0 Å². The van der Waals surface area contributed by atoms with Crippen molar-refractivity contribution in [1.82, 2.24) is 0 Å². The van der Waals surface area contributed by atoms with Crippen molar-refractivity contribution in [1.29, 1.82) is 0 Å². The monoisotopic (exact) mass is 150 g/mol. The summed E-state index contributed by atoms with van der Waals surface area (Å²) in [5.41, 5.74) is 0. The van der Waals surface area contributed by atoms with Crippen LogP contribution in [0.2, 0.25) is 0 Å². The summed E-state index contributed by atoms with van der Waals surface area (Å²) in [6, 6.07) is 0. The van der Waals surface area contributed by atoms with E-state index in [1.165, 1.54) is 0 Å². The molecule has 0 aromatic carbocycles. The Hall–Kier alpha value is 1.68. The molecule has 0 bridgehead atoms.